The molecule has 0 atom stereocenters. The van der Waals surface area contributed by atoms with Crippen LogP contribution in [0.2, 0.25) is 0 Å². The number of nitrogens with zero attached hydrogens (tertiary/aromatic N) is 2. The van der Waals surface area contributed by atoms with Crippen LogP contribution in [0.25, 0.3) is 6.08 Å². The SMILES string of the molecule is COc1cc(/C=C/C(=O)OCC(=O)Nc2ccccc2C#N)ccc1OCC#N. The predicted octanol–water partition coefficient (Wildman–Crippen LogP) is 2.66. The van der Waals surface area contributed by atoms with Gasteiger partial charge in [0.2, 0.25) is 0 Å². The maximum Gasteiger partial charge on any atom is 0.331 e. The fraction of sp³-hybridized carbons (Fsp3) is 0.143. The first kappa shape index (κ1) is 21.0. The van der Waals surface area contributed by atoms with Crippen molar-refractivity contribution in [2.45, 2.75) is 0 Å². The number of hydrogen-bond donors (Lipinski definition) is 1. The van der Waals surface area contributed by atoms with E-state index in [4.69, 9.17) is 24.7 Å². The van der Waals surface area contributed by atoms with Crippen LogP contribution in [0.15, 0.2) is 48.5 Å². The van der Waals surface area contributed by atoms with Crippen molar-refractivity contribution < 1.29 is 23.8 Å². The van der Waals surface area contributed by atoms with Crippen molar-refractivity contribution in [3.05, 3.63) is 59.7 Å². The summed E-state index contributed by atoms with van der Waals surface area (Å²) in [5, 5.41) is 20.1. The fourth-order valence-corrected chi connectivity index (χ4v) is 2.24. The molecule has 0 heterocycles. The number of methoxy groups -OCH3 is 1. The standard InChI is InChI=1S/C21H17N3O5/c1-27-19-12-15(6-8-18(19)28-11-10-22)7-9-21(26)29-14-20(25)24-17-5-3-2-4-16(17)13-23/h2-9,12H,11,14H2,1H3,(H,24,25)/b9-7+. The van der Waals surface area contributed by atoms with Gasteiger partial charge in [-0.05, 0) is 35.9 Å². The third-order valence-corrected chi connectivity index (χ3v) is 3.56. The van der Waals surface area contributed by atoms with Gasteiger partial charge in [-0.2, -0.15) is 10.5 Å². The highest BCUT2D eigenvalue weighted by Crippen LogP contribution is 2.28. The van der Waals surface area contributed by atoms with Gasteiger partial charge in [0.25, 0.3) is 5.91 Å². The molecular weight excluding hydrogens is 374 g/mol. The van der Waals surface area contributed by atoms with E-state index in [-0.39, 0.29) is 6.61 Å². The zero-order valence-electron chi connectivity index (χ0n) is 15.5. The molecule has 2 aromatic rings. The van der Waals surface area contributed by atoms with Gasteiger partial charge in [0.15, 0.2) is 24.7 Å². The highest BCUT2D eigenvalue weighted by molar-refractivity contribution is 5.95. The number of anilines is 1. The molecule has 146 valence electrons. The molecule has 0 fully saturated rings. The Kier molecular flexibility index (Phi) is 7.79. The lowest BCUT2D eigenvalue weighted by Gasteiger charge is -2.09. The van der Waals surface area contributed by atoms with Crippen LogP contribution in [0.4, 0.5) is 5.69 Å². The number of carbonyl (C=O) groups is 2. The highest BCUT2D eigenvalue weighted by Gasteiger charge is 2.09. The predicted molar refractivity (Wildman–Crippen MR) is 104 cm³/mol. The molecule has 0 saturated carbocycles. The molecule has 0 aliphatic heterocycles. The van der Waals surface area contributed by atoms with E-state index >= 15 is 0 Å². The van der Waals surface area contributed by atoms with Gasteiger partial charge in [-0.25, -0.2) is 4.79 Å². The lowest BCUT2D eigenvalue weighted by Crippen LogP contribution is -2.20. The molecule has 8 heteroatoms. The molecule has 0 spiro atoms. The van der Waals surface area contributed by atoms with E-state index in [9.17, 15) is 9.59 Å². The number of rotatable bonds is 8. The first-order chi connectivity index (χ1) is 14.1. The maximum absolute atomic E-state index is 11.9. The van der Waals surface area contributed by atoms with Crippen LogP contribution in [0.1, 0.15) is 11.1 Å². The van der Waals surface area contributed by atoms with Gasteiger partial charge >= 0.3 is 5.97 Å². The number of esters is 1. The molecule has 29 heavy (non-hydrogen) atoms. The maximum atomic E-state index is 11.9. The summed E-state index contributed by atoms with van der Waals surface area (Å²) in [7, 11) is 1.46. The lowest BCUT2D eigenvalue weighted by atomic mass is 10.2. The van der Waals surface area contributed by atoms with E-state index in [0.29, 0.717) is 28.3 Å². The van der Waals surface area contributed by atoms with Crippen LogP contribution < -0.4 is 14.8 Å². The number of carbonyl (C=O) groups excluding carboxylic acids is 2. The van der Waals surface area contributed by atoms with E-state index in [1.54, 1.807) is 42.5 Å². The number of nitrogens with one attached hydrogen (secondary N) is 1. The third-order valence-electron chi connectivity index (χ3n) is 3.56. The number of para-hydroxylation sites is 1. The van der Waals surface area contributed by atoms with Gasteiger partial charge in [0.1, 0.15) is 12.1 Å². The fourth-order valence-electron chi connectivity index (χ4n) is 2.24. The Morgan fingerprint density at radius 1 is 1.14 bits per heavy atom. The van der Waals surface area contributed by atoms with Crippen molar-refractivity contribution >= 4 is 23.6 Å². The molecule has 0 saturated heterocycles. The van der Waals surface area contributed by atoms with Gasteiger partial charge < -0.3 is 19.5 Å². The van der Waals surface area contributed by atoms with E-state index in [2.05, 4.69) is 5.32 Å². The first-order valence-corrected chi connectivity index (χ1v) is 8.39. The Morgan fingerprint density at radius 3 is 2.66 bits per heavy atom. The average Bonchev–Trinajstić information content (AvgIpc) is 2.75. The summed E-state index contributed by atoms with van der Waals surface area (Å²) in [6.45, 7) is -0.605. The molecule has 2 aromatic carbocycles. The van der Waals surface area contributed by atoms with E-state index in [0.717, 1.165) is 0 Å². The molecule has 2 rings (SSSR count). The van der Waals surface area contributed by atoms with Crippen molar-refractivity contribution in [2.24, 2.45) is 0 Å². The second kappa shape index (κ2) is 10.8. The molecule has 1 amide bonds. The Bertz CT molecular complexity index is 1000. The van der Waals surface area contributed by atoms with Gasteiger partial charge in [-0.3, -0.25) is 4.79 Å². The van der Waals surface area contributed by atoms with Crippen molar-refractivity contribution in [3.63, 3.8) is 0 Å². The summed E-state index contributed by atoms with van der Waals surface area (Å²) >= 11 is 0. The molecule has 0 bridgehead atoms. The van der Waals surface area contributed by atoms with E-state index in [1.165, 1.54) is 19.3 Å². The monoisotopic (exact) mass is 391 g/mol. The Labute approximate surface area is 167 Å². The second-order valence-corrected chi connectivity index (χ2v) is 5.50. The summed E-state index contributed by atoms with van der Waals surface area (Å²) < 4.78 is 15.3. The van der Waals surface area contributed by atoms with Crippen LogP contribution in [0, 0.1) is 22.7 Å². The average molecular weight is 391 g/mol. The van der Waals surface area contributed by atoms with Crippen molar-refractivity contribution in [3.8, 4) is 23.6 Å². The molecule has 1 N–H and O–H groups in total. The number of amides is 1. The van der Waals surface area contributed by atoms with Crippen LogP contribution >= 0.6 is 0 Å². The van der Waals surface area contributed by atoms with Crippen LogP contribution in [0.5, 0.6) is 11.5 Å². The number of hydrogen-bond acceptors (Lipinski definition) is 7. The molecule has 0 aromatic heterocycles. The Morgan fingerprint density at radius 2 is 1.93 bits per heavy atom. The van der Waals surface area contributed by atoms with Crippen LogP contribution in [-0.4, -0.2) is 32.2 Å². The van der Waals surface area contributed by atoms with Gasteiger partial charge in [-0.15, -0.1) is 0 Å². The minimum Gasteiger partial charge on any atom is -0.493 e. The molecule has 0 radical (unpaired) electrons. The number of ether oxygens (including phenoxy) is 3. The summed E-state index contributed by atoms with van der Waals surface area (Å²) in [5.41, 5.74) is 1.29. The van der Waals surface area contributed by atoms with Gasteiger partial charge in [0.05, 0.1) is 18.4 Å². The van der Waals surface area contributed by atoms with Crippen LogP contribution in [0.3, 0.4) is 0 Å². The lowest BCUT2D eigenvalue weighted by molar-refractivity contribution is -0.142. The third kappa shape index (κ3) is 6.42. The van der Waals surface area contributed by atoms with Gasteiger partial charge in [0, 0.05) is 6.08 Å². The number of nitriles is 2. The number of benzene rings is 2. The topological polar surface area (TPSA) is 121 Å². The molecule has 0 aliphatic carbocycles. The Hall–Kier alpha value is -4.30. The summed E-state index contributed by atoms with van der Waals surface area (Å²) in [5.74, 6) is -0.456. The van der Waals surface area contributed by atoms with Crippen LogP contribution in [-0.2, 0) is 14.3 Å². The Balaban J connectivity index is 1.90. The molecule has 0 unspecified atom stereocenters. The van der Waals surface area contributed by atoms with E-state index < -0.39 is 18.5 Å². The minimum absolute atomic E-state index is 0.112. The van der Waals surface area contributed by atoms with Gasteiger partial charge in [-0.1, -0.05) is 18.2 Å². The smallest absolute Gasteiger partial charge is 0.331 e. The largest absolute Gasteiger partial charge is 0.493 e. The zero-order valence-corrected chi connectivity index (χ0v) is 15.5. The minimum atomic E-state index is -0.711. The van der Waals surface area contributed by atoms with Crippen molar-refractivity contribution in [1.29, 1.82) is 10.5 Å². The summed E-state index contributed by atoms with van der Waals surface area (Å²) in [4.78, 5) is 23.7. The normalized spacial score (nSPS) is 9.90. The summed E-state index contributed by atoms with van der Waals surface area (Å²) in [6, 6.07) is 15.2. The van der Waals surface area contributed by atoms with E-state index in [1.807, 2.05) is 12.1 Å². The summed E-state index contributed by atoms with van der Waals surface area (Å²) in [6.07, 6.45) is 2.66. The highest BCUT2D eigenvalue weighted by atomic mass is 16.5. The quantitative estimate of drug-likeness (QED) is 0.542. The molecular formula is C21H17N3O5. The molecule has 8 nitrogen and oxygen atoms in total. The zero-order chi connectivity index (χ0) is 21.1. The van der Waals surface area contributed by atoms with Crippen molar-refractivity contribution in [1.82, 2.24) is 0 Å². The molecule has 0 aliphatic rings. The first-order valence-electron chi connectivity index (χ1n) is 8.39. The van der Waals surface area contributed by atoms with Crippen molar-refractivity contribution in [2.75, 3.05) is 25.6 Å². The second-order valence-electron chi connectivity index (χ2n) is 5.50.